The van der Waals surface area contributed by atoms with E-state index < -0.39 is 11.0 Å². The third kappa shape index (κ3) is 2.90. The van der Waals surface area contributed by atoms with E-state index in [1.54, 1.807) is 23.1 Å². The number of β-amino-alcohol motifs (C(OH)–C–C–N with tert-alkyl or cyclic N) is 1. The van der Waals surface area contributed by atoms with Gasteiger partial charge in [-0.15, -0.1) is 0 Å². The molecule has 1 amide bonds. The lowest BCUT2D eigenvalue weighted by Crippen LogP contribution is -2.31. The monoisotopic (exact) mass is 264 g/mol. The maximum atomic E-state index is 12.1. The topological polar surface area (TPSA) is 83.7 Å². The maximum Gasteiger partial charge on any atom is 0.273 e. The molecule has 0 spiro atoms. The molecule has 19 heavy (non-hydrogen) atoms. The molecule has 1 N–H and O–H groups in total. The molecule has 0 aliphatic carbocycles. The van der Waals surface area contributed by atoms with Gasteiger partial charge in [-0.05, 0) is 0 Å². The lowest BCUT2D eigenvalue weighted by molar-refractivity contribution is -0.385. The number of aliphatic hydroxyl groups excluding tert-OH is 1. The van der Waals surface area contributed by atoms with Crippen molar-refractivity contribution in [2.75, 3.05) is 13.1 Å². The molecule has 1 heterocycles. The molecule has 6 heteroatoms. The third-order valence-corrected chi connectivity index (χ3v) is 3.46. The fourth-order valence-electron chi connectivity index (χ4n) is 2.27. The molecule has 0 saturated carbocycles. The van der Waals surface area contributed by atoms with Crippen LogP contribution in [0.25, 0.3) is 0 Å². The lowest BCUT2D eigenvalue weighted by Gasteiger charge is -2.15. The Hall–Kier alpha value is -1.95. The normalized spacial score (nSPS) is 22.5. The van der Waals surface area contributed by atoms with Gasteiger partial charge in [0.05, 0.1) is 17.4 Å². The minimum Gasteiger partial charge on any atom is -0.391 e. The predicted octanol–water partition coefficient (Wildman–Crippen LogP) is 0.976. The minimum atomic E-state index is -0.505. The summed E-state index contributed by atoms with van der Waals surface area (Å²) in [7, 11) is 0. The Morgan fingerprint density at radius 1 is 1.47 bits per heavy atom. The first-order valence-electron chi connectivity index (χ1n) is 6.17. The standard InChI is InChI=1S/C13H16N2O4/c1-9-7-14(8-12(9)16)13(17)6-10-4-2-3-5-11(10)15(18)19/h2-5,9,12,16H,6-8H2,1H3/t9-,12+/m0/s1. The summed E-state index contributed by atoms with van der Waals surface area (Å²) < 4.78 is 0. The maximum absolute atomic E-state index is 12.1. The average Bonchev–Trinajstić information content (AvgIpc) is 2.70. The first kappa shape index (κ1) is 13.5. The number of carbonyl (C=O) groups excluding carboxylic acids is 1. The molecular weight excluding hydrogens is 248 g/mol. The summed E-state index contributed by atoms with van der Waals surface area (Å²) in [5.41, 5.74) is 0.371. The number of carbonyl (C=O) groups is 1. The summed E-state index contributed by atoms with van der Waals surface area (Å²) in [4.78, 5) is 24.0. The molecule has 1 saturated heterocycles. The van der Waals surface area contributed by atoms with Gasteiger partial charge >= 0.3 is 0 Å². The zero-order valence-electron chi connectivity index (χ0n) is 10.7. The molecule has 0 aromatic heterocycles. The Morgan fingerprint density at radius 2 is 2.16 bits per heavy atom. The van der Waals surface area contributed by atoms with Crippen LogP contribution in [0.3, 0.4) is 0 Å². The molecule has 1 aliphatic heterocycles. The van der Waals surface area contributed by atoms with Gasteiger partial charge in [0.15, 0.2) is 0 Å². The second-order valence-corrected chi connectivity index (χ2v) is 4.91. The molecular formula is C13H16N2O4. The van der Waals surface area contributed by atoms with Gasteiger partial charge in [-0.2, -0.15) is 0 Å². The lowest BCUT2D eigenvalue weighted by atomic mass is 10.1. The zero-order chi connectivity index (χ0) is 14.0. The van der Waals surface area contributed by atoms with E-state index in [4.69, 9.17) is 0 Å². The molecule has 1 aromatic rings. The highest BCUT2D eigenvalue weighted by atomic mass is 16.6. The number of nitro groups is 1. The van der Waals surface area contributed by atoms with Crippen molar-refractivity contribution in [3.8, 4) is 0 Å². The van der Waals surface area contributed by atoms with E-state index in [2.05, 4.69) is 0 Å². The number of hydrogen-bond acceptors (Lipinski definition) is 4. The largest absolute Gasteiger partial charge is 0.391 e. The number of amides is 1. The highest BCUT2D eigenvalue weighted by Gasteiger charge is 2.31. The number of aliphatic hydroxyl groups is 1. The molecule has 2 rings (SSSR count). The van der Waals surface area contributed by atoms with Gasteiger partial charge in [0, 0.05) is 30.6 Å². The van der Waals surface area contributed by atoms with Crippen LogP contribution in [0.2, 0.25) is 0 Å². The van der Waals surface area contributed by atoms with Crippen LogP contribution in [0.4, 0.5) is 5.69 Å². The minimum absolute atomic E-state index is 0.00338. The van der Waals surface area contributed by atoms with E-state index in [1.807, 2.05) is 6.92 Å². The Kier molecular flexibility index (Phi) is 3.80. The van der Waals surface area contributed by atoms with Crippen molar-refractivity contribution < 1.29 is 14.8 Å². The van der Waals surface area contributed by atoms with Crippen molar-refractivity contribution >= 4 is 11.6 Å². The Balaban J connectivity index is 2.10. The average molecular weight is 264 g/mol. The van der Waals surface area contributed by atoms with Gasteiger partial charge in [0.2, 0.25) is 5.91 Å². The number of likely N-dealkylation sites (tertiary alicyclic amines) is 1. The molecule has 0 radical (unpaired) electrons. The van der Waals surface area contributed by atoms with E-state index in [1.165, 1.54) is 6.07 Å². The van der Waals surface area contributed by atoms with Gasteiger partial charge in [-0.3, -0.25) is 14.9 Å². The Morgan fingerprint density at radius 3 is 2.74 bits per heavy atom. The molecule has 2 atom stereocenters. The number of nitrogens with zero attached hydrogens (tertiary/aromatic N) is 2. The van der Waals surface area contributed by atoms with E-state index >= 15 is 0 Å². The van der Waals surface area contributed by atoms with Crippen molar-refractivity contribution in [2.24, 2.45) is 5.92 Å². The number of rotatable bonds is 3. The molecule has 0 bridgehead atoms. The van der Waals surface area contributed by atoms with Crippen LogP contribution in [0.5, 0.6) is 0 Å². The van der Waals surface area contributed by atoms with Crippen LogP contribution < -0.4 is 0 Å². The zero-order valence-corrected chi connectivity index (χ0v) is 10.7. The molecule has 102 valence electrons. The smallest absolute Gasteiger partial charge is 0.273 e. The van der Waals surface area contributed by atoms with Crippen LogP contribution in [0, 0.1) is 16.0 Å². The second kappa shape index (κ2) is 5.36. The predicted molar refractivity (Wildman–Crippen MR) is 68.6 cm³/mol. The van der Waals surface area contributed by atoms with Crippen molar-refractivity contribution in [3.63, 3.8) is 0 Å². The Bertz CT molecular complexity index is 493. The summed E-state index contributed by atoms with van der Waals surface area (Å²) >= 11 is 0. The number of para-hydroxylation sites is 1. The van der Waals surface area contributed by atoms with Gasteiger partial charge in [-0.1, -0.05) is 25.1 Å². The van der Waals surface area contributed by atoms with Crippen LogP contribution in [0.15, 0.2) is 24.3 Å². The highest BCUT2D eigenvalue weighted by molar-refractivity contribution is 5.80. The van der Waals surface area contributed by atoms with Crippen LogP contribution in [-0.2, 0) is 11.2 Å². The third-order valence-electron chi connectivity index (χ3n) is 3.46. The van der Waals surface area contributed by atoms with E-state index in [0.717, 1.165) is 0 Å². The van der Waals surface area contributed by atoms with Gasteiger partial charge in [0.1, 0.15) is 0 Å². The van der Waals surface area contributed by atoms with Gasteiger partial charge in [0.25, 0.3) is 5.69 Å². The second-order valence-electron chi connectivity index (χ2n) is 4.91. The quantitative estimate of drug-likeness (QED) is 0.651. The molecule has 6 nitrogen and oxygen atoms in total. The van der Waals surface area contributed by atoms with Crippen molar-refractivity contribution in [1.82, 2.24) is 4.90 Å². The fourth-order valence-corrected chi connectivity index (χ4v) is 2.27. The van der Waals surface area contributed by atoms with Crippen LogP contribution >= 0.6 is 0 Å². The molecule has 1 aromatic carbocycles. The summed E-state index contributed by atoms with van der Waals surface area (Å²) in [6.07, 6.45) is -0.508. The molecule has 1 fully saturated rings. The molecule has 0 unspecified atom stereocenters. The van der Waals surface area contributed by atoms with Crippen molar-refractivity contribution in [2.45, 2.75) is 19.4 Å². The summed E-state index contributed by atoms with van der Waals surface area (Å²) in [6.45, 7) is 2.68. The fraction of sp³-hybridized carbons (Fsp3) is 0.462. The van der Waals surface area contributed by atoms with Gasteiger partial charge < -0.3 is 10.0 Å². The highest BCUT2D eigenvalue weighted by Crippen LogP contribution is 2.21. The Labute approximate surface area is 110 Å². The SMILES string of the molecule is C[C@H]1CN(C(=O)Cc2ccccc2[N+](=O)[O-])C[C@H]1O. The van der Waals surface area contributed by atoms with E-state index in [-0.39, 0.29) is 23.9 Å². The van der Waals surface area contributed by atoms with E-state index in [0.29, 0.717) is 18.7 Å². The summed E-state index contributed by atoms with van der Waals surface area (Å²) in [5, 5.41) is 20.5. The first-order valence-corrected chi connectivity index (χ1v) is 6.17. The molecule has 1 aliphatic rings. The number of benzene rings is 1. The number of hydrogen-bond donors (Lipinski definition) is 1. The first-order chi connectivity index (χ1) is 8.99. The van der Waals surface area contributed by atoms with E-state index in [9.17, 15) is 20.0 Å². The van der Waals surface area contributed by atoms with Crippen molar-refractivity contribution in [1.29, 1.82) is 0 Å². The number of nitro benzene ring substituents is 1. The summed E-state index contributed by atoms with van der Waals surface area (Å²) in [6, 6.07) is 6.24. The van der Waals surface area contributed by atoms with Gasteiger partial charge in [-0.25, -0.2) is 0 Å². The van der Waals surface area contributed by atoms with Crippen molar-refractivity contribution in [3.05, 3.63) is 39.9 Å². The summed E-state index contributed by atoms with van der Waals surface area (Å²) in [5.74, 6) is -0.132. The van der Waals surface area contributed by atoms with Crippen LogP contribution in [0.1, 0.15) is 12.5 Å². The van der Waals surface area contributed by atoms with Crippen LogP contribution in [-0.4, -0.2) is 40.0 Å².